The van der Waals surface area contributed by atoms with Gasteiger partial charge >= 0.3 is 0 Å². The topological polar surface area (TPSA) is 44.8 Å². The molecule has 0 aliphatic rings. The average Bonchev–Trinajstić information content (AvgIpc) is 3.15. The lowest BCUT2D eigenvalue weighted by molar-refractivity contribution is 0.0653. The van der Waals surface area contributed by atoms with Gasteiger partial charge in [-0.1, -0.05) is 47.6 Å². The van der Waals surface area contributed by atoms with E-state index in [1.807, 2.05) is 17.5 Å². The molecule has 0 spiro atoms. The molecule has 2 aromatic rings. The number of ether oxygens (including phenoxy) is 1. The van der Waals surface area contributed by atoms with Gasteiger partial charge in [-0.25, -0.2) is 0 Å². The summed E-state index contributed by atoms with van der Waals surface area (Å²) in [6.45, 7) is 22.8. The lowest BCUT2D eigenvalue weighted by Crippen LogP contribution is -2.31. The maximum atomic E-state index is 11.0. The van der Waals surface area contributed by atoms with Gasteiger partial charge in [-0.3, -0.25) is 4.79 Å². The third-order valence-corrected chi connectivity index (χ3v) is 7.77. The van der Waals surface area contributed by atoms with Gasteiger partial charge in [-0.15, -0.1) is 11.3 Å². The molecular weight excluding hydrogens is 465 g/mol. The van der Waals surface area contributed by atoms with Crippen molar-refractivity contribution in [3.8, 4) is 5.75 Å². The zero-order valence-corrected chi connectivity index (χ0v) is 25.1. The van der Waals surface area contributed by atoms with E-state index >= 15 is 0 Å². The molecule has 0 saturated heterocycles. The van der Waals surface area contributed by atoms with E-state index in [0.717, 1.165) is 22.5 Å². The lowest BCUT2D eigenvalue weighted by atomic mass is 9.77. The first-order valence-electron chi connectivity index (χ1n) is 11.8. The fourth-order valence-electron chi connectivity index (χ4n) is 3.83. The highest BCUT2D eigenvalue weighted by Crippen LogP contribution is 2.46. The van der Waals surface area contributed by atoms with Gasteiger partial charge in [0, 0.05) is 15.8 Å². The zero-order chi connectivity index (χ0) is 25.0. The third kappa shape index (κ3) is 8.17. The van der Waals surface area contributed by atoms with Gasteiger partial charge in [0.15, 0.2) is 24.4 Å². The van der Waals surface area contributed by atoms with E-state index in [0.29, 0.717) is 12.2 Å². The number of thiophene rings is 1. The van der Waals surface area contributed by atoms with Crippen LogP contribution in [-0.4, -0.2) is 24.4 Å². The van der Waals surface area contributed by atoms with Crippen molar-refractivity contribution in [2.45, 2.75) is 86.5 Å². The summed E-state index contributed by atoms with van der Waals surface area (Å²) < 4.78 is 19.4. The van der Waals surface area contributed by atoms with Crippen molar-refractivity contribution in [1.82, 2.24) is 0 Å². The molecule has 0 radical (unpaired) electrons. The van der Waals surface area contributed by atoms with E-state index in [2.05, 4.69) is 79.9 Å². The minimum Gasteiger partial charge on any atom is -0.488 e. The van der Waals surface area contributed by atoms with Gasteiger partial charge in [0.25, 0.3) is 0 Å². The summed E-state index contributed by atoms with van der Waals surface area (Å²) in [5.74, 6) is 0.813. The maximum Gasteiger partial charge on any atom is 0.171 e. The van der Waals surface area contributed by atoms with Crippen LogP contribution < -0.4 is 4.74 Å². The monoisotopic (exact) mass is 506 g/mol. The second-order valence-corrected chi connectivity index (χ2v) is 17.1. The highest BCUT2D eigenvalue weighted by atomic mass is 32.1. The van der Waals surface area contributed by atoms with Crippen LogP contribution in [0.1, 0.15) is 80.1 Å². The number of carbonyl (C=O) groups is 1. The molecular formula is C26H42O4SSi2. The molecule has 0 N–H and O–H groups in total. The van der Waals surface area contributed by atoms with E-state index < -0.39 is 18.1 Å². The summed E-state index contributed by atoms with van der Waals surface area (Å²) in [6.07, 6.45) is 0.815. The van der Waals surface area contributed by atoms with Crippen LogP contribution in [0.2, 0.25) is 26.2 Å². The minimum absolute atomic E-state index is 0.0112. The molecule has 0 saturated carbocycles. The fraction of sp³-hybridized carbons (Fsp3) is 0.577. The third-order valence-electron chi connectivity index (χ3n) is 5.20. The molecule has 1 aromatic heterocycles. The van der Waals surface area contributed by atoms with Crippen molar-refractivity contribution in [3.63, 3.8) is 0 Å². The molecule has 4 nitrogen and oxygen atoms in total. The number of aldehydes is 1. The normalized spacial score (nSPS) is 14.5. The van der Waals surface area contributed by atoms with Crippen LogP contribution in [-0.2, 0) is 15.5 Å². The van der Waals surface area contributed by atoms with Crippen LogP contribution in [0.25, 0.3) is 0 Å². The van der Waals surface area contributed by atoms with Gasteiger partial charge in [0.2, 0.25) is 0 Å². The Kier molecular flexibility index (Phi) is 9.71. The summed E-state index contributed by atoms with van der Waals surface area (Å²) in [4.78, 5) is 12.0. The molecule has 1 heterocycles. The predicted octanol–water partition coefficient (Wildman–Crippen LogP) is 7.31. The minimum atomic E-state index is -1.31. The Bertz CT molecular complexity index is 910. The van der Waals surface area contributed by atoms with Crippen molar-refractivity contribution < 1.29 is 18.4 Å². The number of hydrogen-bond donors (Lipinski definition) is 0. The molecule has 33 heavy (non-hydrogen) atoms. The van der Waals surface area contributed by atoms with Gasteiger partial charge in [0.1, 0.15) is 12.4 Å². The Balaban J connectivity index is 2.54. The summed E-state index contributed by atoms with van der Waals surface area (Å²) in [5, 5.41) is 1.86. The highest BCUT2D eigenvalue weighted by molar-refractivity contribution is 7.10. The lowest BCUT2D eigenvalue weighted by Gasteiger charge is -2.39. The van der Waals surface area contributed by atoms with Crippen molar-refractivity contribution in [2.75, 3.05) is 0 Å². The maximum absolute atomic E-state index is 11.0. The number of carbonyl (C=O) groups excluding carboxylic acids is 1. The van der Waals surface area contributed by atoms with Crippen LogP contribution in [0.15, 0.2) is 29.6 Å². The largest absolute Gasteiger partial charge is 0.488 e. The van der Waals surface area contributed by atoms with E-state index in [-0.39, 0.29) is 23.0 Å². The van der Waals surface area contributed by atoms with Crippen molar-refractivity contribution in [3.05, 3.63) is 51.2 Å². The summed E-state index contributed by atoms with van der Waals surface area (Å²) in [7, 11) is -2.59. The fourth-order valence-corrected chi connectivity index (χ4v) is 6.77. The van der Waals surface area contributed by atoms with E-state index in [1.165, 1.54) is 5.56 Å². The molecule has 2 rings (SSSR count). The van der Waals surface area contributed by atoms with Crippen molar-refractivity contribution in [2.24, 2.45) is 10.8 Å². The zero-order valence-electron chi connectivity index (χ0n) is 22.0. The van der Waals surface area contributed by atoms with Gasteiger partial charge < -0.3 is 13.6 Å². The Labute approximate surface area is 208 Å². The quantitative estimate of drug-likeness (QED) is 0.250. The molecule has 2 atom stereocenters. The Morgan fingerprint density at radius 2 is 1.42 bits per heavy atom. The molecule has 2 unspecified atom stereocenters. The van der Waals surface area contributed by atoms with Crippen LogP contribution >= 0.6 is 11.3 Å². The Hall–Kier alpha value is -1.26. The predicted molar refractivity (Wildman–Crippen MR) is 145 cm³/mol. The van der Waals surface area contributed by atoms with Gasteiger partial charge in [-0.05, 0) is 66.3 Å². The van der Waals surface area contributed by atoms with Crippen LogP contribution in [0.4, 0.5) is 0 Å². The molecule has 0 amide bonds. The molecule has 7 heteroatoms. The first-order chi connectivity index (χ1) is 15.2. The molecule has 0 aliphatic heterocycles. The summed E-state index contributed by atoms with van der Waals surface area (Å²) in [6, 6.07) is 8.26. The van der Waals surface area contributed by atoms with E-state index in [9.17, 15) is 4.79 Å². The molecule has 184 valence electrons. The Morgan fingerprint density at radius 3 is 1.88 bits per heavy atom. The number of rotatable bonds is 10. The van der Waals surface area contributed by atoms with E-state index in [1.54, 1.807) is 11.3 Å². The van der Waals surface area contributed by atoms with Crippen molar-refractivity contribution >= 4 is 35.7 Å². The number of hydrogen-bond acceptors (Lipinski definition) is 5. The van der Waals surface area contributed by atoms with Crippen molar-refractivity contribution in [1.29, 1.82) is 0 Å². The highest BCUT2D eigenvalue weighted by Gasteiger charge is 2.36. The molecule has 0 bridgehead atoms. The smallest absolute Gasteiger partial charge is 0.171 e. The van der Waals surface area contributed by atoms with Gasteiger partial charge in [0.05, 0.1) is 12.2 Å². The Morgan fingerprint density at radius 1 is 0.879 bits per heavy atom. The van der Waals surface area contributed by atoms with Crippen LogP contribution in [0.5, 0.6) is 5.75 Å². The standard InChI is InChI=1S/C26H42O4SSi2/c1-25(2,3)23(29-32(7)8)21-12-11-19(28-16-20-13-18(15-27)17-31-20)14-22(21)24(26(4,5)6)30-33(9)10/h11-15,17,23-24,32-33H,16H2,1-10H3. The molecule has 0 aliphatic carbocycles. The first kappa shape index (κ1) is 28.0. The summed E-state index contributed by atoms with van der Waals surface area (Å²) >= 11 is 1.54. The second kappa shape index (κ2) is 11.4. The van der Waals surface area contributed by atoms with Crippen LogP contribution in [0, 0.1) is 10.8 Å². The summed E-state index contributed by atoms with van der Waals surface area (Å²) in [5.41, 5.74) is 2.93. The van der Waals surface area contributed by atoms with Crippen LogP contribution in [0.3, 0.4) is 0 Å². The molecule has 1 aromatic carbocycles. The SMILES string of the molecule is C[SiH](C)OC(c1ccc(OCc2cc(C=O)cs2)cc1C(O[SiH](C)C)C(C)(C)C)C(C)(C)C. The number of benzene rings is 1. The average molecular weight is 507 g/mol. The van der Waals surface area contributed by atoms with Gasteiger partial charge in [-0.2, -0.15) is 0 Å². The van der Waals surface area contributed by atoms with E-state index in [4.69, 9.17) is 13.6 Å². The molecule has 0 fully saturated rings. The second-order valence-electron chi connectivity index (χ2n) is 11.4. The first-order valence-corrected chi connectivity index (χ1v) is 18.3.